The maximum atomic E-state index is 4.72. The van der Waals surface area contributed by atoms with Gasteiger partial charge in [0, 0.05) is 25.0 Å². The number of thioether (sulfide) groups is 1. The standard InChI is InChI=1S/C19H23N11S/c1-2-28-7-3-16(24-28)18(19-23-26-27-30(19)14-5-9-31-10-6-14)22-17-4-8-29(25-17)15-11-20-13-21-12-15/h3-4,7-8,11-14,18H,2,5-6,9-10H2,1H3,(H,22,25). The number of hydrogen-bond acceptors (Lipinski definition) is 9. The summed E-state index contributed by atoms with van der Waals surface area (Å²) in [5, 5.41) is 25.6. The van der Waals surface area contributed by atoms with E-state index in [1.165, 1.54) is 6.33 Å². The van der Waals surface area contributed by atoms with E-state index in [0.29, 0.717) is 11.9 Å². The molecule has 11 nitrogen and oxygen atoms in total. The number of hydrogen-bond donors (Lipinski definition) is 1. The monoisotopic (exact) mass is 437 g/mol. The van der Waals surface area contributed by atoms with Gasteiger partial charge in [0.05, 0.1) is 24.1 Å². The molecule has 1 aliphatic heterocycles. The number of nitrogens with one attached hydrogen (secondary N) is 1. The highest BCUT2D eigenvalue weighted by atomic mass is 32.2. The Hall–Kier alpha value is -3.28. The smallest absolute Gasteiger partial charge is 0.180 e. The third-order valence-electron chi connectivity index (χ3n) is 5.29. The van der Waals surface area contributed by atoms with Crippen molar-refractivity contribution in [2.24, 2.45) is 0 Å². The molecule has 0 amide bonds. The summed E-state index contributed by atoms with van der Waals surface area (Å²) in [6.45, 7) is 2.85. The zero-order chi connectivity index (χ0) is 21.0. The minimum absolute atomic E-state index is 0.294. The Bertz CT molecular complexity index is 1110. The Morgan fingerprint density at radius 3 is 2.74 bits per heavy atom. The van der Waals surface area contributed by atoms with Crippen molar-refractivity contribution in [2.75, 3.05) is 16.8 Å². The average Bonchev–Trinajstić information content (AvgIpc) is 3.59. The fourth-order valence-corrected chi connectivity index (χ4v) is 4.74. The largest absolute Gasteiger partial charge is 0.353 e. The number of aromatic nitrogens is 10. The number of rotatable bonds is 7. The van der Waals surface area contributed by atoms with E-state index in [1.807, 2.05) is 45.7 Å². The molecular weight excluding hydrogens is 414 g/mol. The van der Waals surface area contributed by atoms with Gasteiger partial charge < -0.3 is 5.32 Å². The van der Waals surface area contributed by atoms with Gasteiger partial charge in [0.1, 0.15) is 23.9 Å². The molecule has 0 aromatic carbocycles. The summed E-state index contributed by atoms with van der Waals surface area (Å²) in [5.74, 6) is 3.68. The molecule has 1 saturated heterocycles. The molecule has 4 aromatic rings. The number of aryl methyl sites for hydroxylation is 1. The second-order valence-corrected chi connectivity index (χ2v) is 8.47. The zero-order valence-electron chi connectivity index (χ0n) is 17.1. The fourth-order valence-electron chi connectivity index (χ4n) is 3.66. The van der Waals surface area contributed by atoms with Crippen LogP contribution in [0.5, 0.6) is 0 Å². The van der Waals surface area contributed by atoms with Crippen LogP contribution in [0.25, 0.3) is 5.69 Å². The SMILES string of the molecule is CCn1ccc(C(Nc2ccn(-c3cncnc3)n2)c2nnnn2C2CCSCC2)n1. The first-order valence-corrected chi connectivity index (χ1v) is 11.4. The van der Waals surface area contributed by atoms with Gasteiger partial charge in [0.25, 0.3) is 0 Å². The minimum Gasteiger partial charge on any atom is -0.353 e. The molecule has 12 heteroatoms. The van der Waals surface area contributed by atoms with Gasteiger partial charge in [0.2, 0.25) is 0 Å². The van der Waals surface area contributed by atoms with Crippen LogP contribution >= 0.6 is 11.8 Å². The maximum absolute atomic E-state index is 4.72. The highest BCUT2D eigenvalue weighted by molar-refractivity contribution is 7.99. The lowest BCUT2D eigenvalue weighted by Gasteiger charge is -2.24. The Morgan fingerprint density at radius 1 is 1.13 bits per heavy atom. The molecule has 1 N–H and O–H groups in total. The molecule has 0 bridgehead atoms. The van der Waals surface area contributed by atoms with Crippen molar-refractivity contribution >= 4 is 17.6 Å². The van der Waals surface area contributed by atoms with Crippen LogP contribution < -0.4 is 5.32 Å². The van der Waals surface area contributed by atoms with E-state index < -0.39 is 0 Å². The lowest BCUT2D eigenvalue weighted by molar-refractivity contribution is 0.399. The van der Waals surface area contributed by atoms with Gasteiger partial charge >= 0.3 is 0 Å². The predicted octanol–water partition coefficient (Wildman–Crippen LogP) is 2.13. The van der Waals surface area contributed by atoms with Crippen molar-refractivity contribution in [2.45, 2.75) is 38.4 Å². The predicted molar refractivity (Wildman–Crippen MR) is 116 cm³/mol. The Labute approximate surface area is 183 Å². The summed E-state index contributed by atoms with van der Waals surface area (Å²) in [4.78, 5) is 8.12. The Morgan fingerprint density at radius 2 is 1.97 bits per heavy atom. The van der Waals surface area contributed by atoms with Crippen LogP contribution in [0.1, 0.15) is 43.4 Å². The van der Waals surface area contributed by atoms with Crippen molar-refractivity contribution in [3.8, 4) is 5.69 Å². The lowest BCUT2D eigenvalue weighted by atomic mass is 10.1. The molecule has 1 unspecified atom stereocenters. The van der Waals surface area contributed by atoms with Gasteiger partial charge in [-0.15, -0.1) is 5.10 Å². The first kappa shape index (κ1) is 19.7. The van der Waals surface area contributed by atoms with Gasteiger partial charge in [-0.1, -0.05) is 0 Å². The molecule has 0 radical (unpaired) electrons. The van der Waals surface area contributed by atoms with Crippen LogP contribution in [0.2, 0.25) is 0 Å². The van der Waals surface area contributed by atoms with Crippen molar-refractivity contribution in [3.63, 3.8) is 0 Å². The topological polar surface area (TPSA) is 117 Å². The third kappa shape index (κ3) is 4.15. The van der Waals surface area contributed by atoms with Gasteiger partial charge in [0.15, 0.2) is 5.82 Å². The van der Waals surface area contributed by atoms with Gasteiger partial charge in [-0.3, -0.25) is 4.68 Å². The molecule has 0 spiro atoms. The molecule has 0 aliphatic carbocycles. The van der Waals surface area contributed by atoms with Crippen molar-refractivity contribution in [1.82, 2.24) is 49.7 Å². The Kier molecular flexibility index (Phi) is 5.61. The minimum atomic E-state index is -0.326. The van der Waals surface area contributed by atoms with Crippen LogP contribution in [0.15, 0.2) is 43.2 Å². The molecule has 4 aromatic heterocycles. The van der Waals surface area contributed by atoms with Crippen LogP contribution in [0.3, 0.4) is 0 Å². The van der Waals surface area contributed by atoms with E-state index >= 15 is 0 Å². The molecule has 0 saturated carbocycles. The van der Waals surface area contributed by atoms with Crippen molar-refractivity contribution in [3.05, 3.63) is 54.8 Å². The molecule has 160 valence electrons. The van der Waals surface area contributed by atoms with Crippen molar-refractivity contribution < 1.29 is 0 Å². The first-order valence-electron chi connectivity index (χ1n) is 10.3. The van der Waals surface area contributed by atoms with Gasteiger partial charge in [-0.25, -0.2) is 19.3 Å². The molecule has 1 aliphatic rings. The summed E-state index contributed by atoms with van der Waals surface area (Å²) in [7, 11) is 0. The summed E-state index contributed by atoms with van der Waals surface area (Å²) < 4.78 is 5.59. The van der Waals surface area contributed by atoms with Crippen LogP contribution in [-0.4, -0.2) is 61.2 Å². The molecule has 5 heterocycles. The van der Waals surface area contributed by atoms with Gasteiger partial charge in [-0.05, 0) is 47.8 Å². The molecule has 1 atom stereocenters. The number of tetrazole rings is 1. The summed E-state index contributed by atoms with van der Waals surface area (Å²) >= 11 is 1.98. The normalized spacial score (nSPS) is 15.8. The average molecular weight is 438 g/mol. The molecular formula is C19H23N11S. The molecule has 31 heavy (non-hydrogen) atoms. The quantitative estimate of drug-likeness (QED) is 0.464. The van der Waals surface area contributed by atoms with E-state index in [-0.39, 0.29) is 6.04 Å². The summed E-state index contributed by atoms with van der Waals surface area (Å²) in [5.41, 5.74) is 1.63. The Balaban J connectivity index is 1.48. The summed E-state index contributed by atoms with van der Waals surface area (Å²) in [6.07, 6.45) is 10.9. The highest BCUT2D eigenvalue weighted by Crippen LogP contribution is 2.30. The highest BCUT2D eigenvalue weighted by Gasteiger charge is 2.28. The second kappa shape index (κ2) is 8.84. The second-order valence-electron chi connectivity index (χ2n) is 7.24. The maximum Gasteiger partial charge on any atom is 0.180 e. The van der Waals surface area contributed by atoms with Crippen LogP contribution in [-0.2, 0) is 6.54 Å². The van der Waals surface area contributed by atoms with Crippen LogP contribution in [0, 0.1) is 0 Å². The number of nitrogens with zero attached hydrogens (tertiary/aromatic N) is 10. The van der Waals surface area contributed by atoms with E-state index in [1.54, 1.807) is 17.1 Å². The summed E-state index contributed by atoms with van der Waals surface area (Å²) in [6, 6.07) is 3.87. The van der Waals surface area contributed by atoms with Crippen molar-refractivity contribution in [1.29, 1.82) is 0 Å². The third-order valence-corrected chi connectivity index (χ3v) is 6.34. The number of anilines is 1. The zero-order valence-corrected chi connectivity index (χ0v) is 17.9. The fraction of sp³-hybridized carbons (Fsp3) is 0.421. The lowest BCUT2D eigenvalue weighted by Crippen LogP contribution is -2.24. The van der Waals surface area contributed by atoms with E-state index in [4.69, 9.17) is 5.10 Å². The van der Waals surface area contributed by atoms with E-state index in [0.717, 1.165) is 48.1 Å². The van der Waals surface area contributed by atoms with Gasteiger partial charge in [-0.2, -0.15) is 22.0 Å². The van der Waals surface area contributed by atoms with E-state index in [9.17, 15) is 0 Å². The van der Waals surface area contributed by atoms with E-state index in [2.05, 4.69) is 42.8 Å². The van der Waals surface area contributed by atoms with Crippen LogP contribution in [0.4, 0.5) is 5.82 Å². The molecule has 5 rings (SSSR count). The molecule has 1 fully saturated rings. The first-order chi connectivity index (χ1) is 15.3.